The second kappa shape index (κ2) is 4.80. The minimum atomic E-state index is -4.97. The Kier molecular flexibility index (Phi) is 4.56. The fourth-order valence-corrected chi connectivity index (χ4v) is 2.32. The summed E-state index contributed by atoms with van der Waals surface area (Å²) in [5.74, 6) is 0. The third kappa shape index (κ3) is 3.56. The van der Waals surface area contributed by atoms with Gasteiger partial charge in [-0.05, 0) is 12.1 Å². The standard InChI is InChI=1S/C6H8N2O6S2.Cu/c7-3-1-4(8)6(16(12,13)14)2-5(3)15(9,10)11;/h1-2H,7-8H2,(H,9,10,11)(H,12,13,14);/q;+2/p-2. The molecule has 0 fully saturated rings. The zero-order valence-corrected chi connectivity index (χ0v) is 10.5. The van der Waals surface area contributed by atoms with Crippen LogP contribution >= 0.6 is 0 Å². The smallest absolute Gasteiger partial charge is 0.744 e. The van der Waals surface area contributed by atoms with E-state index >= 15 is 0 Å². The summed E-state index contributed by atoms with van der Waals surface area (Å²) in [7, 11) is -9.93. The van der Waals surface area contributed by atoms with Crippen LogP contribution in [0.5, 0.6) is 0 Å². The number of nitrogen functional groups attached to an aromatic ring is 2. The van der Waals surface area contributed by atoms with Gasteiger partial charge in [-0.2, -0.15) is 0 Å². The topological polar surface area (TPSA) is 166 Å². The van der Waals surface area contributed by atoms with Crippen molar-refractivity contribution in [3.63, 3.8) is 0 Å². The molecule has 11 heteroatoms. The summed E-state index contributed by atoms with van der Waals surface area (Å²) in [5.41, 5.74) is 9.30. The van der Waals surface area contributed by atoms with Gasteiger partial charge in [-0.3, -0.25) is 0 Å². The Morgan fingerprint density at radius 2 is 1.12 bits per heavy atom. The molecule has 0 heterocycles. The molecule has 0 unspecified atom stereocenters. The van der Waals surface area contributed by atoms with E-state index in [9.17, 15) is 25.9 Å². The molecular formula is C6H6CuN2O6S2. The molecule has 1 aromatic carbocycles. The van der Waals surface area contributed by atoms with Crippen molar-refractivity contribution < 1.29 is 43.0 Å². The number of anilines is 2. The summed E-state index contributed by atoms with van der Waals surface area (Å²) in [6.45, 7) is 0. The predicted octanol–water partition coefficient (Wildman–Crippen LogP) is -1.34. The van der Waals surface area contributed by atoms with Gasteiger partial charge in [0, 0.05) is 0 Å². The first-order valence-corrected chi connectivity index (χ1v) is 6.46. The van der Waals surface area contributed by atoms with Crippen molar-refractivity contribution in [2.45, 2.75) is 9.79 Å². The molecule has 17 heavy (non-hydrogen) atoms. The Labute approximate surface area is 108 Å². The van der Waals surface area contributed by atoms with Gasteiger partial charge < -0.3 is 20.6 Å². The quantitative estimate of drug-likeness (QED) is 0.381. The number of hydrogen-bond acceptors (Lipinski definition) is 8. The summed E-state index contributed by atoms with van der Waals surface area (Å²) < 4.78 is 64.0. The molecule has 4 N–H and O–H groups in total. The van der Waals surface area contributed by atoms with E-state index in [4.69, 9.17) is 11.5 Å². The van der Waals surface area contributed by atoms with Gasteiger partial charge in [0.1, 0.15) is 20.2 Å². The van der Waals surface area contributed by atoms with Crippen LogP contribution in [0.15, 0.2) is 21.9 Å². The molecule has 0 atom stereocenters. The van der Waals surface area contributed by atoms with Gasteiger partial charge in [-0.15, -0.1) is 0 Å². The molecule has 0 spiro atoms. The van der Waals surface area contributed by atoms with Gasteiger partial charge in [-0.1, -0.05) is 0 Å². The van der Waals surface area contributed by atoms with Gasteiger partial charge in [-0.25, -0.2) is 16.8 Å². The first-order chi connectivity index (χ1) is 7.03. The van der Waals surface area contributed by atoms with Crippen LogP contribution in [0.25, 0.3) is 0 Å². The molecule has 0 aliphatic heterocycles. The zero-order valence-electron chi connectivity index (χ0n) is 7.88. The van der Waals surface area contributed by atoms with Crippen molar-refractivity contribution in [3.05, 3.63) is 12.1 Å². The van der Waals surface area contributed by atoms with Gasteiger partial charge in [0.25, 0.3) is 0 Å². The second-order valence-electron chi connectivity index (χ2n) is 2.84. The van der Waals surface area contributed by atoms with Crippen molar-refractivity contribution in [3.8, 4) is 0 Å². The molecule has 1 aromatic rings. The maximum absolute atomic E-state index is 10.7. The third-order valence-corrected chi connectivity index (χ3v) is 3.47. The normalized spacial score (nSPS) is 11.9. The van der Waals surface area contributed by atoms with Crippen LogP contribution in [-0.2, 0) is 37.3 Å². The summed E-state index contributed by atoms with van der Waals surface area (Å²) in [6, 6.07) is 1.09. The summed E-state index contributed by atoms with van der Waals surface area (Å²) >= 11 is 0. The van der Waals surface area contributed by atoms with Crippen LogP contribution in [0, 0.1) is 0 Å². The van der Waals surface area contributed by atoms with Gasteiger partial charge in [0.05, 0.1) is 21.2 Å². The fourth-order valence-electron chi connectivity index (χ4n) is 1.03. The molecule has 0 aromatic heterocycles. The van der Waals surface area contributed by atoms with Crippen molar-refractivity contribution >= 4 is 31.6 Å². The molecule has 1 radical (unpaired) electrons. The van der Waals surface area contributed by atoms with Crippen molar-refractivity contribution in [1.82, 2.24) is 0 Å². The molecule has 0 aliphatic carbocycles. The van der Waals surface area contributed by atoms with E-state index in [-0.39, 0.29) is 17.1 Å². The van der Waals surface area contributed by atoms with Crippen molar-refractivity contribution in [1.29, 1.82) is 0 Å². The average molecular weight is 330 g/mol. The van der Waals surface area contributed by atoms with E-state index < -0.39 is 41.4 Å². The van der Waals surface area contributed by atoms with E-state index in [2.05, 4.69) is 0 Å². The monoisotopic (exact) mass is 329 g/mol. The first-order valence-electron chi connectivity index (χ1n) is 3.64. The van der Waals surface area contributed by atoms with Gasteiger partial charge >= 0.3 is 17.1 Å². The Bertz CT molecular complexity index is 585. The van der Waals surface area contributed by atoms with Gasteiger partial charge in [0.2, 0.25) is 0 Å². The first kappa shape index (κ1) is 16.2. The summed E-state index contributed by atoms with van der Waals surface area (Å²) in [4.78, 5) is -1.98. The van der Waals surface area contributed by atoms with Crippen LogP contribution in [0.1, 0.15) is 0 Å². The van der Waals surface area contributed by atoms with Crippen LogP contribution in [0.3, 0.4) is 0 Å². The van der Waals surface area contributed by atoms with E-state index in [0.29, 0.717) is 6.07 Å². The van der Waals surface area contributed by atoms with E-state index in [1.807, 2.05) is 0 Å². The molecule has 0 bridgehead atoms. The van der Waals surface area contributed by atoms with E-state index in [1.165, 1.54) is 0 Å². The fraction of sp³-hybridized carbons (Fsp3) is 0. The predicted molar refractivity (Wildman–Crippen MR) is 51.2 cm³/mol. The van der Waals surface area contributed by atoms with E-state index in [0.717, 1.165) is 6.07 Å². The van der Waals surface area contributed by atoms with Crippen molar-refractivity contribution in [2.24, 2.45) is 0 Å². The summed E-state index contributed by atoms with van der Waals surface area (Å²) in [6.07, 6.45) is 0. The number of nitrogens with two attached hydrogens (primary N) is 2. The van der Waals surface area contributed by atoms with Crippen LogP contribution in [-0.4, -0.2) is 25.9 Å². The maximum atomic E-state index is 10.7. The average Bonchev–Trinajstić information content (AvgIpc) is 1.97. The largest absolute Gasteiger partial charge is 2.00 e. The second-order valence-corrected chi connectivity index (χ2v) is 5.53. The van der Waals surface area contributed by atoms with Crippen LogP contribution < -0.4 is 11.5 Å². The SMILES string of the molecule is Nc1cc(N)c(S(=O)(=O)[O-])cc1S(=O)(=O)[O-].[Cu+2]. The molecule has 0 amide bonds. The van der Waals surface area contributed by atoms with Crippen LogP contribution in [0.2, 0.25) is 0 Å². The number of benzene rings is 1. The molecule has 1 rings (SSSR count). The summed E-state index contributed by atoms with van der Waals surface area (Å²) in [5, 5.41) is 0. The Balaban J connectivity index is 0.00000256. The maximum Gasteiger partial charge on any atom is 2.00 e. The minimum absolute atomic E-state index is 0. The Morgan fingerprint density at radius 3 is 1.35 bits per heavy atom. The van der Waals surface area contributed by atoms with E-state index in [1.54, 1.807) is 0 Å². The van der Waals surface area contributed by atoms with Gasteiger partial charge in [0.15, 0.2) is 0 Å². The molecular weight excluding hydrogens is 324 g/mol. The molecule has 8 nitrogen and oxygen atoms in total. The van der Waals surface area contributed by atoms with Crippen molar-refractivity contribution in [2.75, 3.05) is 11.5 Å². The third-order valence-electron chi connectivity index (χ3n) is 1.68. The molecule has 0 aliphatic rings. The molecule has 0 saturated heterocycles. The molecule has 0 saturated carbocycles. The number of rotatable bonds is 2. The Morgan fingerprint density at radius 1 is 0.824 bits per heavy atom. The Hall–Kier alpha value is -0.841. The zero-order chi connectivity index (χ0) is 12.7. The minimum Gasteiger partial charge on any atom is -0.744 e. The molecule has 99 valence electrons. The van der Waals surface area contributed by atoms with Crippen LogP contribution in [0.4, 0.5) is 11.4 Å². The number of hydrogen-bond donors (Lipinski definition) is 2.